The average Bonchev–Trinajstić information content (AvgIpc) is 2.34. The third-order valence-corrected chi connectivity index (χ3v) is 2.07. The molecule has 0 aromatic heterocycles. The predicted molar refractivity (Wildman–Crippen MR) is 62.7 cm³/mol. The third kappa shape index (κ3) is 5.46. The quantitative estimate of drug-likeness (QED) is 0.611. The van der Waals surface area contributed by atoms with Gasteiger partial charge in [0.25, 0.3) is 0 Å². The Labute approximate surface area is 108 Å². The lowest BCUT2D eigenvalue weighted by molar-refractivity contribution is -0.138. The molecule has 0 aliphatic rings. The highest BCUT2D eigenvalue weighted by molar-refractivity contribution is 5.81. The molecule has 6 heteroatoms. The number of ether oxygens (including phenoxy) is 2. The van der Waals surface area contributed by atoms with Crippen LogP contribution in [0, 0.1) is 0 Å². The van der Waals surface area contributed by atoms with Crippen LogP contribution in [0.15, 0.2) is 36.4 Å². The van der Waals surface area contributed by atoms with Crippen LogP contribution < -0.4 is 4.74 Å². The number of benzene rings is 1. The van der Waals surface area contributed by atoms with Crippen LogP contribution in [0.5, 0.6) is 5.75 Å². The molecule has 0 amide bonds. The number of carbonyl (C=O) groups is 1. The van der Waals surface area contributed by atoms with Crippen molar-refractivity contribution in [3.63, 3.8) is 0 Å². The van der Waals surface area contributed by atoms with Gasteiger partial charge < -0.3 is 9.47 Å². The zero-order valence-corrected chi connectivity index (χ0v) is 10.2. The lowest BCUT2D eigenvalue weighted by Crippen LogP contribution is -2.04. The van der Waals surface area contributed by atoms with E-state index in [1.807, 2.05) is 0 Å². The Morgan fingerprint density at radius 3 is 2.42 bits per heavy atom. The molecule has 0 spiro atoms. The Hall–Kier alpha value is -1.98. The topological polar surface area (TPSA) is 35.5 Å². The maximum atomic E-state index is 12.3. The summed E-state index contributed by atoms with van der Waals surface area (Å²) in [5, 5.41) is 0. The van der Waals surface area contributed by atoms with E-state index in [-0.39, 0.29) is 13.2 Å². The summed E-state index contributed by atoms with van der Waals surface area (Å²) in [5.74, 6) is -0.194. The maximum absolute atomic E-state index is 12.3. The molecule has 0 saturated carbocycles. The summed E-state index contributed by atoms with van der Waals surface area (Å²) in [6, 6.07) is 4.32. The zero-order valence-electron chi connectivity index (χ0n) is 10.2. The number of halogens is 3. The second-order valence-electron chi connectivity index (χ2n) is 3.49. The van der Waals surface area contributed by atoms with E-state index in [1.165, 1.54) is 24.3 Å². The molecule has 0 heterocycles. The number of hydrogen-bond acceptors (Lipinski definition) is 3. The molecular weight excluding hydrogens is 261 g/mol. The molecule has 0 N–H and O–H groups in total. The normalized spacial score (nSPS) is 11.6. The van der Waals surface area contributed by atoms with Crippen molar-refractivity contribution < 1.29 is 27.4 Å². The third-order valence-electron chi connectivity index (χ3n) is 2.07. The van der Waals surface area contributed by atoms with Crippen molar-refractivity contribution in [3.05, 3.63) is 42.0 Å². The van der Waals surface area contributed by atoms with Crippen LogP contribution in [0.3, 0.4) is 0 Å². The van der Waals surface area contributed by atoms with Gasteiger partial charge in [-0.25, -0.2) is 4.79 Å². The Morgan fingerprint density at radius 1 is 1.26 bits per heavy atom. The molecule has 1 aromatic carbocycles. The number of hydrogen-bond donors (Lipinski definition) is 0. The second-order valence-corrected chi connectivity index (χ2v) is 3.49. The largest absolute Gasteiger partial charge is 0.490 e. The van der Waals surface area contributed by atoms with E-state index in [1.54, 1.807) is 6.92 Å². The molecule has 3 nitrogen and oxygen atoms in total. The molecule has 0 fully saturated rings. The van der Waals surface area contributed by atoms with E-state index in [0.717, 1.165) is 12.1 Å². The van der Waals surface area contributed by atoms with Gasteiger partial charge in [-0.05, 0) is 37.3 Å². The van der Waals surface area contributed by atoms with E-state index in [9.17, 15) is 18.0 Å². The highest BCUT2D eigenvalue weighted by Gasteiger charge is 2.29. The lowest BCUT2D eigenvalue weighted by atomic mass is 10.2. The van der Waals surface area contributed by atoms with Gasteiger partial charge in [0.2, 0.25) is 0 Å². The molecule has 0 aliphatic heterocycles. The minimum absolute atomic E-state index is 0.0736. The smallest absolute Gasteiger partial charge is 0.416 e. The van der Waals surface area contributed by atoms with Gasteiger partial charge in [-0.15, -0.1) is 0 Å². The van der Waals surface area contributed by atoms with Gasteiger partial charge in [0.1, 0.15) is 12.4 Å². The first kappa shape index (κ1) is 15.1. The van der Waals surface area contributed by atoms with Crippen LogP contribution in [0.1, 0.15) is 12.5 Å². The van der Waals surface area contributed by atoms with Gasteiger partial charge in [-0.3, -0.25) is 0 Å². The number of alkyl halides is 3. The van der Waals surface area contributed by atoms with Crippen molar-refractivity contribution in [1.29, 1.82) is 0 Å². The molecular formula is C13H13F3O3. The van der Waals surface area contributed by atoms with Gasteiger partial charge in [0, 0.05) is 6.08 Å². The monoisotopic (exact) mass is 274 g/mol. The lowest BCUT2D eigenvalue weighted by Gasteiger charge is -2.07. The van der Waals surface area contributed by atoms with E-state index < -0.39 is 17.7 Å². The summed E-state index contributed by atoms with van der Waals surface area (Å²) in [4.78, 5) is 10.9. The van der Waals surface area contributed by atoms with Crippen LogP contribution in [0.25, 0.3) is 0 Å². The van der Waals surface area contributed by atoms with Crippen molar-refractivity contribution in [2.24, 2.45) is 0 Å². The van der Waals surface area contributed by atoms with Crippen LogP contribution >= 0.6 is 0 Å². The van der Waals surface area contributed by atoms with Crippen molar-refractivity contribution in [2.45, 2.75) is 13.1 Å². The maximum Gasteiger partial charge on any atom is 0.416 e. The van der Waals surface area contributed by atoms with Crippen LogP contribution in [-0.2, 0) is 15.7 Å². The molecule has 1 aromatic rings. The minimum atomic E-state index is -4.36. The van der Waals surface area contributed by atoms with Gasteiger partial charge >= 0.3 is 12.1 Å². The molecule has 0 saturated heterocycles. The van der Waals surface area contributed by atoms with Crippen molar-refractivity contribution in [1.82, 2.24) is 0 Å². The number of esters is 1. The molecule has 0 radical (unpaired) electrons. The molecule has 0 atom stereocenters. The first-order valence-corrected chi connectivity index (χ1v) is 5.57. The Morgan fingerprint density at radius 2 is 1.89 bits per heavy atom. The molecule has 19 heavy (non-hydrogen) atoms. The SMILES string of the molecule is CCOC(=O)/C=C/COc1ccc(C(F)(F)F)cc1. The fourth-order valence-electron chi connectivity index (χ4n) is 1.22. The first-order valence-electron chi connectivity index (χ1n) is 5.57. The highest BCUT2D eigenvalue weighted by Crippen LogP contribution is 2.30. The van der Waals surface area contributed by atoms with Gasteiger partial charge in [-0.2, -0.15) is 13.2 Å². The number of carbonyl (C=O) groups excluding carboxylic acids is 1. The molecule has 0 unspecified atom stereocenters. The van der Waals surface area contributed by atoms with Crippen molar-refractivity contribution in [3.8, 4) is 5.75 Å². The van der Waals surface area contributed by atoms with Crippen molar-refractivity contribution in [2.75, 3.05) is 13.2 Å². The highest BCUT2D eigenvalue weighted by atomic mass is 19.4. The van der Waals surface area contributed by atoms with E-state index in [2.05, 4.69) is 4.74 Å². The van der Waals surface area contributed by atoms with Gasteiger partial charge in [0.05, 0.1) is 12.2 Å². The summed E-state index contributed by atoms with van der Waals surface area (Å²) in [5.41, 5.74) is -0.734. The minimum Gasteiger partial charge on any atom is -0.490 e. The van der Waals surface area contributed by atoms with E-state index >= 15 is 0 Å². The number of rotatable bonds is 5. The summed E-state index contributed by atoms with van der Waals surface area (Å²) in [6.07, 6.45) is -1.73. The summed E-state index contributed by atoms with van der Waals surface area (Å²) in [7, 11) is 0. The zero-order chi connectivity index (χ0) is 14.3. The fourth-order valence-corrected chi connectivity index (χ4v) is 1.22. The second kappa shape index (κ2) is 6.82. The average molecular weight is 274 g/mol. The van der Waals surface area contributed by atoms with Crippen LogP contribution in [0.4, 0.5) is 13.2 Å². The first-order chi connectivity index (χ1) is 8.93. The standard InChI is InChI=1S/C13H13F3O3/c1-2-18-12(17)4-3-9-19-11-7-5-10(6-8-11)13(14,15)16/h3-8H,2,9H2,1H3/b4-3+. The van der Waals surface area contributed by atoms with Crippen LogP contribution in [0.2, 0.25) is 0 Å². The molecule has 0 bridgehead atoms. The molecule has 1 rings (SSSR count). The summed E-state index contributed by atoms with van der Waals surface area (Å²) in [6.45, 7) is 2.04. The van der Waals surface area contributed by atoms with Gasteiger partial charge in [0.15, 0.2) is 0 Å². The van der Waals surface area contributed by atoms with E-state index in [4.69, 9.17) is 4.74 Å². The summed E-state index contributed by atoms with van der Waals surface area (Å²) < 4.78 is 46.6. The van der Waals surface area contributed by atoms with Gasteiger partial charge in [-0.1, -0.05) is 0 Å². The Balaban J connectivity index is 2.44. The predicted octanol–water partition coefficient (Wildman–Crippen LogP) is 3.20. The van der Waals surface area contributed by atoms with Crippen molar-refractivity contribution >= 4 is 5.97 Å². The molecule has 0 aliphatic carbocycles. The van der Waals surface area contributed by atoms with Crippen LogP contribution in [-0.4, -0.2) is 19.2 Å². The summed E-state index contributed by atoms with van der Waals surface area (Å²) >= 11 is 0. The Kier molecular flexibility index (Phi) is 5.41. The van der Waals surface area contributed by atoms with E-state index in [0.29, 0.717) is 5.75 Å². The molecule has 104 valence electrons. The fraction of sp³-hybridized carbons (Fsp3) is 0.308. The Bertz CT molecular complexity index is 435.